The molecule has 1 aliphatic rings. The van der Waals surface area contributed by atoms with Crippen molar-refractivity contribution in [2.24, 2.45) is 0 Å². The van der Waals surface area contributed by atoms with Gasteiger partial charge in [-0.05, 0) is 46.2 Å². The van der Waals surface area contributed by atoms with Crippen LogP contribution in [0.4, 0.5) is 5.69 Å². The summed E-state index contributed by atoms with van der Waals surface area (Å²) < 4.78 is 0. The molecule has 5 heteroatoms. The average Bonchev–Trinajstić information content (AvgIpc) is 3.17. The number of allylic oxidation sites excluding steroid dienone is 3. The van der Waals surface area contributed by atoms with Gasteiger partial charge in [0.05, 0.1) is 6.42 Å². The van der Waals surface area contributed by atoms with Crippen LogP contribution in [0.2, 0.25) is 0 Å². The summed E-state index contributed by atoms with van der Waals surface area (Å²) in [5.41, 5.74) is 5.05. The zero-order chi connectivity index (χ0) is 25.6. The summed E-state index contributed by atoms with van der Waals surface area (Å²) in [6, 6.07) is 16.5. The van der Waals surface area contributed by atoms with Gasteiger partial charge in [0.2, 0.25) is 11.8 Å². The SMILES string of the molecule is C=C/C=C\C(=C)CC(=O)N1CC(=O)N(CCc2ccc(NC)cc2)C1c1ccc(C(C)(C)C)cc1. The molecule has 0 bridgehead atoms. The highest BCUT2D eigenvalue weighted by molar-refractivity contribution is 5.89. The lowest BCUT2D eigenvalue weighted by Gasteiger charge is -2.31. The number of hydrogen-bond donors (Lipinski definition) is 1. The third kappa shape index (κ3) is 6.50. The van der Waals surface area contributed by atoms with Gasteiger partial charge in [0, 0.05) is 19.3 Å². The van der Waals surface area contributed by atoms with E-state index in [0.717, 1.165) is 16.8 Å². The van der Waals surface area contributed by atoms with Crippen LogP contribution in [0, 0.1) is 0 Å². The molecule has 3 rings (SSSR count). The molecule has 1 heterocycles. The van der Waals surface area contributed by atoms with E-state index in [9.17, 15) is 9.59 Å². The lowest BCUT2D eigenvalue weighted by atomic mass is 9.86. The summed E-state index contributed by atoms with van der Waals surface area (Å²) in [6.07, 6.45) is 5.63. The first-order valence-corrected chi connectivity index (χ1v) is 12.1. The average molecular weight is 472 g/mol. The van der Waals surface area contributed by atoms with Gasteiger partial charge in [-0.2, -0.15) is 0 Å². The Kier molecular flexibility index (Phi) is 8.34. The van der Waals surface area contributed by atoms with Crippen LogP contribution in [-0.4, -0.2) is 41.8 Å². The van der Waals surface area contributed by atoms with Crippen molar-refractivity contribution in [2.75, 3.05) is 25.5 Å². The zero-order valence-corrected chi connectivity index (χ0v) is 21.4. The van der Waals surface area contributed by atoms with Crippen molar-refractivity contribution in [1.82, 2.24) is 9.80 Å². The highest BCUT2D eigenvalue weighted by atomic mass is 16.2. The molecule has 1 atom stereocenters. The Bertz CT molecular complexity index is 1090. The molecule has 35 heavy (non-hydrogen) atoms. The van der Waals surface area contributed by atoms with Crippen LogP contribution in [0.5, 0.6) is 0 Å². The maximum atomic E-state index is 13.3. The number of anilines is 1. The van der Waals surface area contributed by atoms with E-state index < -0.39 is 6.17 Å². The lowest BCUT2D eigenvalue weighted by Crippen LogP contribution is -2.36. The van der Waals surface area contributed by atoms with Crippen LogP contribution < -0.4 is 5.32 Å². The Hall–Kier alpha value is -3.60. The van der Waals surface area contributed by atoms with Crippen LogP contribution in [0.25, 0.3) is 0 Å². The van der Waals surface area contributed by atoms with Gasteiger partial charge in [-0.25, -0.2) is 0 Å². The first kappa shape index (κ1) is 26.0. The minimum absolute atomic E-state index is 0.0218. The molecule has 0 spiro atoms. The smallest absolute Gasteiger partial charge is 0.244 e. The minimum atomic E-state index is -0.434. The second-order valence-corrected chi connectivity index (χ2v) is 9.98. The number of nitrogens with zero attached hydrogens (tertiary/aromatic N) is 2. The summed E-state index contributed by atoms with van der Waals surface area (Å²) in [4.78, 5) is 30.0. The summed E-state index contributed by atoms with van der Waals surface area (Å²) in [5.74, 6) is -0.148. The third-order valence-electron chi connectivity index (χ3n) is 6.34. The fraction of sp³-hybridized carbons (Fsp3) is 0.333. The molecule has 184 valence electrons. The Morgan fingerprint density at radius 2 is 1.77 bits per heavy atom. The normalized spacial score (nSPS) is 16.1. The van der Waals surface area contributed by atoms with E-state index in [4.69, 9.17) is 0 Å². The number of nitrogens with one attached hydrogen (secondary N) is 1. The second-order valence-electron chi connectivity index (χ2n) is 9.98. The van der Waals surface area contributed by atoms with E-state index >= 15 is 0 Å². The third-order valence-corrected chi connectivity index (χ3v) is 6.34. The molecule has 2 aromatic carbocycles. The predicted octanol–water partition coefficient (Wildman–Crippen LogP) is 5.63. The highest BCUT2D eigenvalue weighted by Gasteiger charge is 2.41. The fourth-order valence-corrected chi connectivity index (χ4v) is 4.26. The van der Waals surface area contributed by atoms with E-state index in [1.165, 1.54) is 5.56 Å². The Labute approximate surface area is 209 Å². The summed E-state index contributed by atoms with van der Waals surface area (Å²) in [7, 11) is 1.89. The van der Waals surface area contributed by atoms with Crippen molar-refractivity contribution in [1.29, 1.82) is 0 Å². The molecule has 2 aromatic rings. The van der Waals surface area contributed by atoms with Crippen LogP contribution in [0.3, 0.4) is 0 Å². The maximum absolute atomic E-state index is 13.3. The molecular formula is C30H37N3O2. The summed E-state index contributed by atoms with van der Waals surface area (Å²) in [5, 5.41) is 3.12. The van der Waals surface area contributed by atoms with E-state index in [-0.39, 0.29) is 30.2 Å². The Morgan fingerprint density at radius 1 is 1.11 bits per heavy atom. The van der Waals surface area contributed by atoms with Crippen LogP contribution in [0.1, 0.15) is 50.0 Å². The first-order chi connectivity index (χ1) is 16.6. The van der Waals surface area contributed by atoms with Crippen molar-refractivity contribution in [2.45, 2.75) is 45.2 Å². The van der Waals surface area contributed by atoms with Gasteiger partial charge < -0.3 is 15.1 Å². The van der Waals surface area contributed by atoms with Gasteiger partial charge in [-0.15, -0.1) is 0 Å². The standard InChI is InChI=1S/C30H37N3O2/c1-7-8-9-22(2)20-27(34)33-21-28(35)32(19-18-23-10-16-26(31-6)17-11-23)29(33)24-12-14-25(15-13-24)30(3,4)5/h7-17,29,31H,1-2,18-21H2,3-6H3/b9-8-. The molecule has 5 nitrogen and oxygen atoms in total. The van der Waals surface area contributed by atoms with E-state index in [1.807, 2.05) is 36.2 Å². The van der Waals surface area contributed by atoms with Crippen LogP contribution in [-0.2, 0) is 21.4 Å². The Morgan fingerprint density at radius 3 is 2.34 bits per heavy atom. The van der Waals surface area contributed by atoms with Gasteiger partial charge in [0.1, 0.15) is 12.7 Å². The maximum Gasteiger partial charge on any atom is 0.244 e. The largest absolute Gasteiger partial charge is 0.388 e. The van der Waals surface area contributed by atoms with Crippen molar-refractivity contribution >= 4 is 17.5 Å². The minimum Gasteiger partial charge on any atom is -0.388 e. The van der Waals surface area contributed by atoms with Crippen molar-refractivity contribution in [3.63, 3.8) is 0 Å². The van der Waals surface area contributed by atoms with Gasteiger partial charge in [-0.3, -0.25) is 9.59 Å². The summed E-state index contributed by atoms with van der Waals surface area (Å²) >= 11 is 0. The lowest BCUT2D eigenvalue weighted by molar-refractivity contribution is -0.132. The highest BCUT2D eigenvalue weighted by Crippen LogP contribution is 2.33. The molecule has 0 radical (unpaired) electrons. The number of carbonyl (C=O) groups is 2. The van der Waals surface area contributed by atoms with Crippen molar-refractivity contribution < 1.29 is 9.59 Å². The van der Waals surface area contributed by atoms with E-state index in [2.05, 4.69) is 63.5 Å². The number of amides is 2. The molecule has 1 unspecified atom stereocenters. The predicted molar refractivity (Wildman–Crippen MR) is 144 cm³/mol. The van der Waals surface area contributed by atoms with Crippen LogP contribution >= 0.6 is 0 Å². The van der Waals surface area contributed by atoms with Gasteiger partial charge >= 0.3 is 0 Å². The number of rotatable bonds is 9. The topological polar surface area (TPSA) is 52.7 Å². The molecule has 0 aliphatic carbocycles. The first-order valence-electron chi connectivity index (χ1n) is 12.1. The van der Waals surface area contributed by atoms with Crippen molar-refractivity contribution in [3.8, 4) is 0 Å². The molecule has 0 aromatic heterocycles. The molecule has 1 N–H and O–H groups in total. The Balaban J connectivity index is 1.87. The molecule has 1 fully saturated rings. The van der Waals surface area contributed by atoms with Gasteiger partial charge in [-0.1, -0.05) is 88.6 Å². The number of benzene rings is 2. The van der Waals surface area contributed by atoms with Crippen LogP contribution in [0.15, 0.2) is 85.5 Å². The van der Waals surface area contributed by atoms with E-state index in [0.29, 0.717) is 18.5 Å². The molecule has 1 aliphatic heterocycles. The molecule has 0 saturated carbocycles. The summed E-state index contributed by atoms with van der Waals surface area (Å²) in [6.45, 7) is 14.8. The molecule has 2 amide bonds. The van der Waals surface area contributed by atoms with E-state index in [1.54, 1.807) is 23.1 Å². The monoisotopic (exact) mass is 471 g/mol. The van der Waals surface area contributed by atoms with Gasteiger partial charge in [0.25, 0.3) is 0 Å². The number of carbonyl (C=O) groups excluding carboxylic acids is 2. The second kappa shape index (κ2) is 11.2. The fourth-order valence-electron chi connectivity index (χ4n) is 4.26. The molecular weight excluding hydrogens is 434 g/mol. The number of hydrogen-bond acceptors (Lipinski definition) is 3. The zero-order valence-electron chi connectivity index (χ0n) is 21.4. The van der Waals surface area contributed by atoms with Crippen molar-refractivity contribution in [3.05, 3.63) is 102 Å². The molecule has 1 saturated heterocycles. The quantitative estimate of drug-likeness (QED) is 0.483. The van der Waals surface area contributed by atoms with Gasteiger partial charge in [0.15, 0.2) is 0 Å².